The molecule has 7 heteroatoms. The summed E-state index contributed by atoms with van der Waals surface area (Å²) in [7, 11) is 0. The van der Waals surface area contributed by atoms with Gasteiger partial charge in [0.25, 0.3) is 5.56 Å². The highest BCUT2D eigenvalue weighted by Gasteiger charge is 2.13. The third-order valence-corrected chi connectivity index (χ3v) is 6.70. The molecular weight excluding hydrogens is 426 g/mol. The number of thiophene rings is 1. The number of H-pyrrole nitrogens is 1. The Hall–Kier alpha value is -2.90. The molecule has 0 saturated heterocycles. The van der Waals surface area contributed by atoms with Crippen LogP contribution < -0.4 is 10.9 Å². The van der Waals surface area contributed by atoms with Crippen LogP contribution in [0.25, 0.3) is 21.3 Å². The molecule has 0 bridgehead atoms. The van der Waals surface area contributed by atoms with Crippen LogP contribution in [0.1, 0.15) is 31.2 Å². The molecule has 0 aliphatic heterocycles. The standard InChI is InChI=1S/C24H23N3O2S2/c1-15(2)17-9-6-10-18(11-17)25-21(28)14-30-13-20-26-23(29)22-19(12-31-24(22)27-20)16-7-4-3-5-8-16/h3-12,15H,13-14H2,1-2H3,(H,25,28)(H,26,27,29). The average Bonchev–Trinajstić information content (AvgIpc) is 3.19. The number of carbonyl (C=O) groups is 1. The number of hydrogen-bond donors (Lipinski definition) is 2. The lowest BCUT2D eigenvalue weighted by molar-refractivity contribution is -0.113. The Kier molecular flexibility index (Phi) is 6.53. The largest absolute Gasteiger partial charge is 0.325 e. The zero-order valence-corrected chi connectivity index (χ0v) is 19.0. The van der Waals surface area contributed by atoms with Crippen molar-refractivity contribution >= 4 is 44.9 Å². The summed E-state index contributed by atoms with van der Waals surface area (Å²) in [6.07, 6.45) is 0. The van der Waals surface area contributed by atoms with Crippen LogP contribution in [0.3, 0.4) is 0 Å². The molecule has 0 fully saturated rings. The Labute approximate surface area is 188 Å². The molecular formula is C24H23N3O2S2. The molecule has 1 amide bonds. The first-order valence-electron chi connectivity index (χ1n) is 10.0. The second-order valence-corrected chi connectivity index (χ2v) is 9.37. The minimum absolute atomic E-state index is 0.0724. The van der Waals surface area contributed by atoms with Crippen molar-refractivity contribution in [1.29, 1.82) is 0 Å². The third-order valence-electron chi connectivity index (χ3n) is 4.89. The van der Waals surface area contributed by atoms with Crippen molar-refractivity contribution in [2.45, 2.75) is 25.5 Å². The number of rotatable bonds is 7. The van der Waals surface area contributed by atoms with E-state index in [-0.39, 0.29) is 17.2 Å². The second kappa shape index (κ2) is 9.49. The summed E-state index contributed by atoms with van der Waals surface area (Å²) in [6, 6.07) is 17.7. The maximum absolute atomic E-state index is 12.7. The smallest absolute Gasteiger partial charge is 0.260 e. The zero-order valence-electron chi connectivity index (χ0n) is 17.3. The molecule has 31 heavy (non-hydrogen) atoms. The van der Waals surface area contributed by atoms with E-state index in [1.165, 1.54) is 28.7 Å². The van der Waals surface area contributed by atoms with Crippen molar-refractivity contribution in [2.75, 3.05) is 11.1 Å². The Morgan fingerprint density at radius 1 is 1.16 bits per heavy atom. The molecule has 0 aliphatic carbocycles. The number of aromatic nitrogens is 2. The fraction of sp³-hybridized carbons (Fsp3) is 0.208. The van der Waals surface area contributed by atoms with Gasteiger partial charge in [-0.15, -0.1) is 23.1 Å². The van der Waals surface area contributed by atoms with E-state index < -0.39 is 0 Å². The SMILES string of the molecule is CC(C)c1cccc(NC(=O)CSCc2nc3scc(-c4ccccc4)c3c(=O)[nH]2)c1. The van der Waals surface area contributed by atoms with E-state index in [4.69, 9.17) is 0 Å². The molecule has 4 aromatic rings. The molecule has 0 aliphatic rings. The molecule has 2 aromatic heterocycles. The van der Waals surface area contributed by atoms with Crippen LogP contribution in [-0.4, -0.2) is 21.6 Å². The number of anilines is 1. The fourth-order valence-corrected chi connectivity index (χ4v) is 4.96. The highest BCUT2D eigenvalue weighted by Crippen LogP contribution is 2.30. The molecule has 0 saturated carbocycles. The summed E-state index contributed by atoms with van der Waals surface area (Å²) in [5, 5.41) is 5.52. The van der Waals surface area contributed by atoms with E-state index in [9.17, 15) is 9.59 Å². The van der Waals surface area contributed by atoms with Crippen molar-refractivity contribution in [3.63, 3.8) is 0 Å². The number of hydrogen-bond acceptors (Lipinski definition) is 5. The normalized spacial score (nSPS) is 11.2. The zero-order chi connectivity index (χ0) is 21.8. The van der Waals surface area contributed by atoms with Gasteiger partial charge in [0.1, 0.15) is 10.7 Å². The van der Waals surface area contributed by atoms with Crippen molar-refractivity contribution in [3.05, 3.63) is 81.7 Å². The van der Waals surface area contributed by atoms with E-state index in [1.54, 1.807) is 0 Å². The van der Waals surface area contributed by atoms with Crippen LogP contribution in [0.2, 0.25) is 0 Å². The molecule has 0 spiro atoms. The molecule has 4 rings (SSSR count). The van der Waals surface area contributed by atoms with Crippen molar-refractivity contribution < 1.29 is 4.79 Å². The predicted octanol–water partition coefficient (Wildman–Crippen LogP) is 5.65. The predicted molar refractivity (Wildman–Crippen MR) is 131 cm³/mol. The topological polar surface area (TPSA) is 74.8 Å². The summed E-state index contributed by atoms with van der Waals surface area (Å²) in [4.78, 5) is 33.2. The van der Waals surface area contributed by atoms with Gasteiger partial charge in [0.2, 0.25) is 5.91 Å². The number of aromatic amines is 1. The number of fused-ring (bicyclic) bond motifs is 1. The Morgan fingerprint density at radius 3 is 2.74 bits per heavy atom. The molecule has 2 heterocycles. The maximum atomic E-state index is 12.7. The summed E-state index contributed by atoms with van der Waals surface area (Å²) in [6.45, 7) is 4.25. The number of nitrogens with zero attached hydrogens (tertiary/aromatic N) is 1. The lowest BCUT2D eigenvalue weighted by Crippen LogP contribution is -2.15. The fourth-order valence-electron chi connectivity index (χ4n) is 3.31. The number of carbonyl (C=O) groups excluding carboxylic acids is 1. The molecule has 158 valence electrons. The van der Waals surface area contributed by atoms with Crippen LogP contribution in [0, 0.1) is 0 Å². The molecule has 0 radical (unpaired) electrons. The van der Waals surface area contributed by atoms with Gasteiger partial charge in [-0.2, -0.15) is 0 Å². The minimum Gasteiger partial charge on any atom is -0.325 e. The van der Waals surface area contributed by atoms with Gasteiger partial charge in [-0.25, -0.2) is 4.98 Å². The Balaban J connectivity index is 1.40. The summed E-state index contributed by atoms with van der Waals surface area (Å²) < 4.78 is 0. The van der Waals surface area contributed by atoms with E-state index in [0.717, 1.165) is 16.8 Å². The summed E-state index contributed by atoms with van der Waals surface area (Å²) in [5.74, 6) is 1.66. The van der Waals surface area contributed by atoms with Crippen LogP contribution in [0.15, 0.2) is 64.8 Å². The van der Waals surface area contributed by atoms with Gasteiger partial charge in [-0.05, 0) is 29.2 Å². The lowest BCUT2D eigenvalue weighted by Gasteiger charge is -2.09. The van der Waals surface area contributed by atoms with Crippen molar-refractivity contribution in [2.24, 2.45) is 0 Å². The van der Waals surface area contributed by atoms with E-state index in [1.807, 2.05) is 53.9 Å². The number of thioether (sulfide) groups is 1. The first kappa shape index (κ1) is 21.3. The van der Waals surface area contributed by atoms with Crippen LogP contribution in [0.4, 0.5) is 5.69 Å². The Bertz CT molecular complexity index is 1260. The number of nitrogens with one attached hydrogen (secondary N) is 2. The molecule has 2 N–H and O–H groups in total. The van der Waals surface area contributed by atoms with E-state index in [2.05, 4.69) is 35.2 Å². The monoisotopic (exact) mass is 449 g/mol. The molecule has 2 aromatic carbocycles. The van der Waals surface area contributed by atoms with Crippen molar-refractivity contribution in [1.82, 2.24) is 9.97 Å². The Morgan fingerprint density at radius 2 is 1.97 bits per heavy atom. The quantitative estimate of drug-likeness (QED) is 0.382. The van der Waals surface area contributed by atoms with Gasteiger partial charge in [-0.3, -0.25) is 9.59 Å². The van der Waals surface area contributed by atoms with Crippen LogP contribution in [0.5, 0.6) is 0 Å². The maximum Gasteiger partial charge on any atom is 0.260 e. The average molecular weight is 450 g/mol. The summed E-state index contributed by atoms with van der Waals surface area (Å²) >= 11 is 2.89. The van der Waals surface area contributed by atoms with Crippen LogP contribution in [-0.2, 0) is 10.5 Å². The number of benzene rings is 2. The van der Waals surface area contributed by atoms with Crippen LogP contribution >= 0.6 is 23.1 Å². The van der Waals surface area contributed by atoms with Gasteiger partial charge >= 0.3 is 0 Å². The van der Waals surface area contributed by atoms with Gasteiger partial charge in [0.15, 0.2) is 0 Å². The third kappa shape index (κ3) is 5.06. The van der Waals surface area contributed by atoms with Crippen molar-refractivity contribution in [3.8, 4) is 11.1 Å². The highest BCUT2D eigenvalue weighted by molar-refractivity contribution is 7.99. The van der Waals surface area contributed by atoms with E-state index in [0.29, 0.717) is 27.7 Å². The minimum atomic E-state index is -0.143. The molecule has 0 atom stereocenters. The molecule has 0 unspecified atom stereocenters. The van der Waals surface area contributed by atoms with Gasteiger partial charge < -0.3 is 10.3 Å². The first-order valence-corrected chi connectivity index (χ1v) is 12.1. The van der Waals surface area contributed by atoms with E-state index >= 15 is 0 Å². The molecule has 5 nitrogen and oxygen atoms in total. The van der Waals surface area contributed by atoms with Gasteiger partial charge in [0, 0.05) is 16.6 Å². The second-order valence-electron chi connectivity index (χ2n) is 7.53. The highest BCUT2D eigenvalue weighted by atomic mass is 32.2. The lowest BCUT2D eigenvalue weighted by atomic mass is 10.0. The first-order chi connectivity index (χ1) is 15.0. The van der Waals surface area contributed by atoms with Gasteiger partial charge in [0.05, 0.1) is 16.9 Å². The number of amides is 1. The summed E-state index contributed by atoms with van der Waals surface area (Å²) in [5.41, 5.74) is 3.75. The van der Waals surface area contributed by atoms with Gasteiger partial charge in [-0.1, -0.05) is 56.3 Å².